The van der Waals surface area contributed by atoms with E-state index in [2.05, 4.69) is 62.7 Å². The summed E-state index contributed by atoms with van der Waals surface area (Å²) >= 11 is 3.56. The van der Waals surface area contributed by atoms with Crippen LogP contribution in [0.3, 0.4) is 0 Å². The van der Waals surface area contributed by atoms with Crippen LogP contribution in [-0.4, -0.2) is 65.6 Å². The highest BCUT2D eigenvalue weighted by Gasteiger charge is 2.22. The smallest absolute Gasteiger partial charge is 0.191 e. The van der Waals surface area contributed by atoms with Crippen molar-refractivity contribution in [1.82, 2.24) is 10.6 Å². The van der Waals surface area contributed by atoms with Crippen LogP contribution < -0.4 is 15.5 Å². The van der Waals surface area contributed by atoms with E-state index in [1.54, 1.807) is 7.11 Å². The van der Waals surface area contributed by atoms with Crippen LogP contribution in [0.1, 0.15) is 19.8 Å². The molecule has 0 bridgehead atoms. The van der Waals surface area contributed by atoms with E-state index in [0.29, 0.717) is 19.1 Å². The molecule has 2 N–H and O–H groups in total. The van der Waals surface area contributed by atoms with Gasteiger partial charge in [0.15, 0.2) is 5.96 Å². The van der Waals surface area contributed by atoms with E-state index >= 15 is 0 Å². The monoisotopic (exact) mass is 440 g/mol. The minimum Gasteiger partial charge on any atom is -0.382 e. The zero-order valence-corrected chi connectivity index (χ0v) is 18.1. The molecule has 1 saturated heterocycles. The molecular weight excluding hydrogens is 408 g/mol. The van der Waals surface area contributed by atoms with Crippen LogP contribution >= 0.6 is 15.9 Å². The third-order valence-corrected chi connectivity index (χ3v) is 4.99. The molecule has 152 valence electrons. The van der Waals surface area contributed by atoms with E-state index in [1.165, 1.54) is 12.1 Å². The summed E-state index contributed by atoms with van der Waals surface area (Å²) in [7, 11) is 1.69. The maximum atomic E-state index is 5.49. The molecular formula is C20H33BrN4O2. The number of anilines is 1. The molecule has 0 spiro atoms. The molecule has 1 atom stereocenters. The fraction of sp³-hybridized carbons (Fsp3) is 0.650. The third kappa shape index (κ3) is 8.49. The van der Waals surface area contributed by atoms with Gasteiger partial charge in [-0.2, -0.15) is 0 Å². The second kappa shape index (κ2) is 13.0. The lowest BCUT2D eigenvalue weighted by Gasteiger charge is -2.19. The zero-order valence-electron chi connectivity index (χ0n) is 16.5. The number of rotatable bonds is 11. The SMILES string of the molecule is CCNC(=NCC1CCN(c2cccc(Br)c2)C1)NCCCOCCOC. The van der Waals surface area contributed by atoms with Crippen LogP contribution in [-0.2, 0) is 9.47 Å². The van der Waals surface area contributed by atoms with Crippen molar-refractivity contribution in [3.05, 3.63) is 28.7 Å². The standard InChI is InChI=1S/C20H33BrN4O2/c1-3-22-20(23-9-5-11-27-13-12-26-2)24-15-17-8-10-25(16-17)19-7-4-6-18(21)14-19/h4,6-7,14,17H,3,5,8-13,15-16H2,1-2H3,(H2,22,23,24). The molecule has 1 aliphatic heterocycles. The van der Waals surface area contributed by atoms with Crippen molar-refractivity contribution in [2.75, 3.05) is 64.6 Å². The topological polar surface area (TPSA) is 58.1 Å². The molecule has 1 fully saturated rings. The van der Waals surface area contributed by atoms with Gasteiger partial charge in [0.05, 0.1) is 13.2 Å². The average Bonchev–Trinajstić information content (AvgIpc) is 3.14. The first-order valence-corrected chi connectivity index (χ1v) is 10.6. The van der Waals surface area contributed by atoms with Crippen LogP contribution in [0.25, 0.3) is 0 Å². The molecule has 0 aromatic heterocycles. The van der Waals surface area contributed by atoms with Gasteiger partial charge in [0, 0.05) is 56.6 Å². The number of hydrogen-bond donors (Lipinski definition) is 2. The molecule has 1 aromatic rings. The first kappa shape index (κ1) is 22.0. The normalized spacial score (nSPS) is 17.4. The molecule has 1 heterocycles. The number of aliphatic imine (C=N–C) groups is 1. The average molecular weight is 441 g/mol. The van der Waals surface area contributed by atoms with Gasteiger partial charge in [-0.15, -0.1) is 0 Å². The molecule has 0 amide bonds. The Morgan fingerprint density at radius 2 is 2.19 bits per heavy atom. The summed E-state index contributed by atoms with van der Waals surface area (Å²) in [6, 6.07) is 8.53. The Hall–Kier alpha value is -1.31. The van der Waals surface area contributed by atoms with E-state index < -0.39 is 0 Å². The molecule has 2 rings (SSSR count). The summed E-state index contributed by atoms with van der Waals surface area (Å²) in [6.45, 7) is 8.86. The predicted molar refractivity (Wildman–Crippen MR) is 116 cm³/mol. The Balaban J connectivity index is 1.71. The summed E-state index contributed by atoms with van der Waals surface area (Å²) in [4.78, 5) is 7.23. The summed E-state index contributed by atoms with van der Waals surface area (Å²) in [5, 5.41) is 6.72. The van der Waals surface area contributed by atoms with Gasteiger partial charge in [-0.1, -0.05) is 22.0 Å². The third-order valence-electron chi connectivity index (χ3n) is 4.50. The van der Waals surface area contributed by atoms with Gasteiger partial charge in [0.1, 0.15) is 0 Å². The number of benzene rings is 1. The molecule has 7 heteroatoms. The highest BCUT2D eigenvalue weighted by molar-refractivity contribution is 9.10. The quantitative estimate of drug-likeness (QED) is 0.314. The first-order valence-electron chi connectivity index (χ1n) is 9.82. The summed E-state index contributed by atoms with van der Waals surface area (Å²) in [5.41, 5.74) is 1.29. The van der Waals surface area contributed by atoms with Crippen molar-refractivity contribution in [2.24, 2.45) is 10.9 Å². The number of methoxy groups -OCH3 is 1. The van der Waals surface area contributed by atoms with Gasteiger partial charge in [0.2, 0.25) is 0 Å². The molecule has 1 aliphatic rings. The van der Waals surface area contributed by atoms with Crippen molar-refractivity contribution < 1.29 is 9.47 Å². The van der Waals surface area contributed by atoms with E-state index in [9.17, 15) is 0 Å². The fourth-order valence-corrected chi connectivity index (χ4v) is 3.46. The molecule has 0 radical (unpaired) electrons. The Bertz CT molecular complexity index is 571. The lowest BCUT2D eigenvalue weighted by atomic mass is 10.1. The highest BCUT2D eigenvalue weighted by Crippen LogP contribution is 2.26. The minimum atomic E-state index is 0.594. The number of nitrogens with one attached hydrogen (secondary N) is 2. The van der Waals surface area contributed by atoms with Crippen molar-refractivity contribution in [3.63, 3.8) is 0 Å². The van der Waals surface area contributed by atoms with E-state index in [-0.39, 0.29) is 0 Å². The first-order chi connectivity index (χ1) is 13.2. The predicted octanol–water partition coefficient (Wildman–Crippen LogP) is 2.88. The number of guanidine groups is 1. The fourth-order valence-electron chi connectivity index (χ4n) is 3.08. The number of halogens is 1. The van der Waals surface area contributed by atoms with Crippen molar-refractivity contribution in [1.29, 1.82) is 0 Å². The number of hydrogen-bond acceptors (Lipinski definition) is 4. The summed E-state index contributed by atoms with van der Waals surface area (Å²) in [5.74, 6) is 1.49. The largest absolute Gasteiger partial charge is 0.382 e. The Labute approximate surface area is 171 Å². The maximum absolute atomic E-state index is 5.49. The lowest BCUT2D eigenvalue weighted by molar-refractivity contribution is 0.0698. The Morgan fingerprint density at radius 1 is 1.30 bits per heavy atom. The molecule has 1 unspecified atom stereocenters. The van der Waals surface area contributed by atoms with Crippen LogP contribution in [0.15, 0.2) is 33.7 Å². The maximum Gasteiger partial charge on any atom is 0.191 e. The molecule has 27 heavy (non-hydrogen) atoms. The van der Waals surface area contributed by atoms with Gasteiger partial charge in [-0.3, -0.25) is 4.99 Å². The van der Waals surface area contributed by atoms with Crippen molar-refractivity contribution in [2.45, 2.75) is 19.8 Å². The van der Waals surface area contributed by atoms with Gasteiger partial charge in [0.25, 0.3) is 0 Å². The summed E-state index contributed by atoms with van der Waals surface area (Å²) in [6.07, 6.45) is 2.14. The van der Waals surface area contributed by atoms with E-state index in [1.807, 2.05) is 0 Å². The molecule has 6 nitrogen and oxygen atoms in total. The lowest BCUT2D eigenvalue weighted by Crippen LogP contribution is -2.38. The second-order valence-corrected chi connectivity index (χ2v) is 7.60. The van der Waals surface area contributed by atoms with Crippen LogP contribution in [0, 0.1) is 5.92 Å². The van der Waals surface area contributed by atoms with Gasteiger partial charge >= 0.3 is 0 Å². The van der Waals surface area contributed by atoms with Crippen molar-refractivity contribution in [3.8, 4) is 0 Å². The molecule has 1 aromatic carbocycles. The van der Waals surface area contributed by atoms with Gasteiger partial charge in [-0.25, -0.2) is 0 Å². The number of nitrogens with zero attached hydrogens (tertiary/aromatic N) is 2. The highest BCUT2D eigenvalue weighted by atomic mass is 79.9. The van der Waals surface area contributed by atoms with Crippen LogP contribution in [0.5, 0.6) is 0 Å². The molecule has 0 aliphatic carbocycles. The van der Waals surface area contributed by atoms with Crippen LogP contribution in [0.4, 0.5) is 5.69 Å². The van der Waals surface area contributed by atoms with Crippen molar-refractivity contribution >= 4 is 27.6 Å². The van der Waals surface area contributed by atoms with E-state index in [4.69, 9.17) is 14.5 Å². The Kier molecular flexibility index (Phi) is 10.6. The van der Waals surface area contributed by atoms with Crippen LogP contribution in [0.2, 0.25) is 0 Å². The Morgan fingerprint density at radius 3 is 2.96 bits per heavy atom. The zero-order chi connectivity index (χ0) is 19.3. The summed E-state index contributed by atoms with van der Waals surface area (Å²) < 4.78 is 11.6. The molecule has 0 saturated carbocycles. The second-order valence-electron chi connectivity index (χ2n) is 6.69. The van der Waals surface area contributed by atoms with Gasteiger partial charge < -0.3 is 25.0 Å². The van der Waals surface area contributed by atoms with E-state index in [0.717, 1.165) is 56.2 Å². The minimum absolute atomic E-state index is 0.594. The van der Waals surface area contributed by atoms with Gasteiger partial charge in [-0.05, 0) is 43.9 Å². The number of ether oxygens (including phenoxy) is 2.